The second kappa shape index (κ2) is 10.6. The molecule has 192 valence electrons. The summed E-state index contributed by atoms with van der Waals surface area (Å²) in [7, 11) is -6.90. The van der Waals surface area contributed by atoms with Gasteiger partial charge in [-0.25, -0.2) is 9.59 Å². The molecule has 14 heteroatoms. The van der Waals surface area contributed by atoms with E-state index >= 15 is 0 Å². The number of carbonyl (C=O) groups is 2. The Morgan fingerprint density at radius 2 is 1.56 bits per heavy atom. The van der Waals surface area contributed by atoms with E-state index in [-0.39, 0.29) is 40.8 Å². The normalized spacial score (nSPS) is 14.7. The van der Waals surface area contributed by atoms with Gasteiger partial charge in [-0.15, -0.1) is 0 Å². The van der Waals surface area contributed by atoms with Gasteiger partial charge in [0.1, 0.15) is 17.3 Å². The van der Waals surface area contributed by atoms with Crippen molar-refractivity contribution in [3.05, 3.63) is 64.9 Å². The maximum Gasteiger partial charge on any atom is 0.355 e. The minimum atomic E-state index is -4.76. The van der Waals surface area contributed by atoms with Crippen molar-refractivity contribution in [2.45, 2.75) is 9.79 Å². The highest BCUT2D eigenvalue weighted by atomic mass is 32.2. The maximum atomic E-state index is 12.5. The SMILES string of the molecule is COC(=O)C1=C(C(=O)OC)N(c2ccc(C=Cc3ccc(S(=O)(=O)O)cc3)c(S(=O)(=O)O)c2)COC1. The van der Waals surface area contributed by atoms with E-state index in [9.17, 15) is 31.0 Å². The molecule has 0 saturated heterocycles. The first-order valence-corrected chi connectivity index (χ1v) is 12.9. The van der Waals surface area contributed by atoms with E-state index < -0.39 is 37.1 Å². The van der Waals surface area contributed by atoms with Crippen molar-refractivity contribution < 1.29 is 49.7 Å². The predicted molar refractivity (Wildman–Crippen MR) is 126 cm³/mol. The largest absolute Gasteiger partial charge is 0.466 e. The Bertz CT molecular complexity index is 1460. The Kier molecular flexibility index (Phi) is 7.96. The average Bonchev–Trinajstić information content (AvgIpc) is 2.85. The molecule has 0 radical (unpaired) electrons. The molecule has 1 heterocycles. The van der Waals surface area contributed by atoms with E-state index in [0.717, 1.165) is 32.4 Å². The molecule has 2 aromatic rings. The van der Waals surface area contributed by atoms with Gasteiger partial charge >= 0.3 is 11.9 Å². The number of carbonyl (C=O) groups excluding carboxylic acids is 2. The van der Waals surface area contributed by atoms with Crippen molar-refractivity contribution in [1.29, 1.82) is 0 Å². The van der Waals surface area contributed by atoms with Gasteiger partial charge < -0.3 is 19.1 Å². The number of anilines is 1. The van der Waals surface area contributed by atoms with E-state index in [0.29, 0.717) is 5.56 Å². The summed E-state index contributed by atoms with van der Waals surface area (Å²) in [6.45, 7) is -0.471. The molecule has 0 aromatic heterocycles. The number of hydrogen-bond acceptors (Lipinski definition) is 10. The van der Waals surface area contributed by atoms with Crippen LogP contribution in [0.5, 0.6) is 0 Å². The summed E-state index contributed by atoms with van der Waals surface area (Å²) in [4.78, 5) is 25.0. The number of benzene rings is 2. The van der Waals surface area contributed by atoms with Crippen LogP contribution < -0.4 is 4.90 Å². The summed E-state index contributed by atoms with van der Waals surface area (Å²) < 4.78 is 80.4. The number of ether oxygens (including phenoxy) is 3. The first kappa shape index (κ1) is 27.0. The van der Waals surface area contributed by atoms with Gasteiger partial charge in [-0.3, -0.25) is 9.11 Å². The fourth-order valence-corrected chi connectivity index (χ4v) is 4.52. The lowest BCUT2D eigenvalue weighted by atomic mass is 10.1. The molecular weight excluding hydrogens is 518 g/mol. The quantitative estimate of drug-likeness (QED) is 0.297. The summed E-state index contributed by atoms with van der Waals surface area (Å²) in [5, 5.41) is 0. The zero-order valence-corrected chi connectivity index (χ0v) is 20.6. The molecule has 0 unspecified atom stereocenters. The van der Waals surface area contributed by atoms with Crippen LogP contribution in [0.3, 0.4) is 0 Å². The number of rotatable bonds is 7. The van der Waals surface area contributed by atoms with Crippen LogP contribution in [0.2, 0.25) is 0 Å². The van der Waals surface area contributed by atoms with Gasteiger partial charge in [0.25, 0.3) is 20.2 Å². The Morgan fingerprint density at radius 1 is 0.917 bits per heavy atom. The molecule has 0 atom stereocenters. The minimum Gasteiger partial charge on any atom is -0.466 e. The standard InChI is InChI=1S/C22H21NO11S2/c1-32-21(24)18-12-34-13-23(20(18)22(25)33-2)16-8-7-15(19(11-16)36(29,30)31)6-3-14-4-9-17(10-5-14)35(26,27)28/h3-11H,12-13H2,1-2H3,(H,26,27,28)(H,29,30,31). The molecule has 2 N–H and O–H groups in total. The number of methoxy groups -OCH3 is 2. The van der Waals surface area contributed by atoms with Gasteiger partial charge in [0, 0.05) is 5.69 Å². The lowest BCUT2D eigenvalue weighted by Gasteiger charge is -2.31. The van der Waals surface area contributed by atoms with Crippen LogP contribution in [0.15, 0.2) is 63.5 Å². The van der Waals surface area contributed by atoms with Crippen molar-refractivity contribution in [2.24, 2.45) is 0 Å². The molecule has 2 aromatic carbocycles. The van der Waals surface area contributed by atoms with Crippen molar-refractivity contribution in [2.75, 3.05) is 32.5 Å². The zero-order chi connectivity index (χ0) is 26.7. The number of esters is 2. The van der Waals surface area contributed by atoms with Crippen LogP contribution in [0.4, 0.5) is 5.69 Å². The third-order valence-corrected chi connectivity index (χ3v) is 6.83. The first-order valence-electron chi connectivity index (χ1n) is 9.99. The highest BCUT2D eigenvalue weighted by Crippen LogP contribution is 2.31. The van der Waals surface area contributed by atoms with Crippen LogP contribution in [-0.4, -0.2) is 65.4 Å². The third-order valence-electron chi connectivity index (χ3n) is 5.05. The van der Waals surface area contributed by atoms with Crippen LogP contribution in [-0.2, 0) is 44.0 Å². The molecular formula is C22H21NO11S2. The monoisotopic (exact) mass is 539 g/mol. The summed E-state index contributed by atoms with van der Waals surface area (Å²) in [6, 6.07) is 8.96. The lowest BCUT2D eigenvalue weighted by molar-refractivity contribution is -0.140. The van der Waals surface area contributed by atoms with Crippen LogP contribution in [0.1, 0.15) is 11.1 Å². The number of hydrogen-bond donors (Lipinski definition) is 2. The molecule has 1 aliphatic heterocycles. The second-order valence-electron chi connectivity index (χ2n) is 7.29. The predicted octanol–water partition coefficient (Wildman–Crippen LogP) is 1.74. The summed E-state index contributed by atoms with van der Waals surface area (Å²) in [5.74, 6) is -1.72. The van der Waals surface area contributed by atoms with Gasteiger partial charge in [-0.2, -0.15) is 16.8 Å². The number of nitrogens with zero attached hydrogens (tertiary/aromatic N) is 1. The summed E-state index contributed by atoms with van der Waals surface area (Å²) in [5.41, 5.74) is 0.282. The van der Waals surface area contributed by atoms with Gasteiger partial charge in [0.15, 0.2) is 0 Å². The van der Waals surface area contributed by atoms with Crippen molar-refractivity contribution in [3.8, 4) is 0 Å². The van der Waals surface area contributed by atoms with Crippen molar-refractivity contribution in [1.82, 2.24) is 0 Å². The molecule has 0 bridgehead atoms. The van der Waals surface area contributed by atoms with E-state index in [1.54, 1.807) is 0 Å². The van der Waals surface area contributed by atoms with Crippen LogP contribution >= 0.6 is 0 Å². The maximum absolute atomic E-state index is 12.5. The lowest BCUT2D eigenvalue weighted by Crippen LogP contribution is -2.38. The smallest absolute Gasteiger partial charge is 0.355 e. The first-order chi connectivity index (χ1) is 16.9. The minimum absolute atomic E-state index is 0.0647. The van der Waals surface area contributed by atoms with Gasteiger partial charge in [0.05, 0.1) is 31.3 Å². The molecule has 0 amide bonds. The fraction of sp³-hybridized carbons (Fsp3) is 0.182. The van der Waals surface area contributed by atoms with Crippen LogP contribution in [0, 0.1) is 0 Å². The van der Waals surface area contributed by atoms with E-state index in [1.165, 1.54) is 41.3 Å². The molecule has 12 nitrogen and oxygen atoms in total. The Morgan fingerprint density at radius 3 is 2.11 bits per heavy atom. The molecule has 36 heavy (non-hydrogen) atoms. The highest BCUT2D eigenvalue weighted by molar-refractivity contribution is 7.86. The summed E-state index contributed by atoms with van der Waals surface area (Å²) in [6.07, 6.45) is 2.82. The average molecular weight is 540 g/mol. The van der Waals surface area contributed by atoms with Crippen molar-refractivity contribution in [3.63, 3.8) is 0 Å². The van der Waals surface area contributed by atoms with E-state index in [4.69, 9.17) is 18.8 Å². The van der Waals surface area contributed by atoms with Crippen molar-refractivity contribution >= 4 is 50.0 Å². The Hall–Kier alpha value is -3.56. The second-order valence-corrected chi connectivity index (χ2v) is 10.1. The molecule has 0 fully saturated rings. The summed E-state index contributed by atoms with van der Waals surface area (Å²) >= 11 is 0. The molecule has 3 rings (SSSR count). The topological polar surface area (TPSA) is 174 Å². The van der Waals surface area contributed by atoms with Gasteiger partial charge in [-0.1, -0.05) is 30.4 Å². The zero-order valence-electron chi connectivity index (χ0n) is 18.9. The highest BCUT2D eigenvalue weighted by Gasteiger charge is 2.33. The third kappa shape index (κ3) is 5.98. The van der Waals surface area contributed by atoms with E-state index in [2.05, 4.69) is 0 Å². The van der Waals surface area contributed by atoms with Gasteiger partial charge in [0.2, 0.25) is 0 Å². The molecule has 0 spiro atoms. The molecule has 0 aliphatic carbocycles. The van der Waals surface area contributed by atoms with Gasteiger partial charge in [-0.05, 0) is 35.4 Å². The van der Waals surface area contributed by atoms with E-state index in [1.807, 2.05) is 0 Å². The molecule has 0 saturated carbocycles. The molecule has 1 aliphatic rings. The Balaban J connectivity index is 2.06. The fourth-order valence-electron chi connectivity index (χ4n) is 3.34. The Labute approximate surface area is 206 Å². The van der Waals surface area contributed by atoms with Crippen LogP contribution in [0.25, 0.3) is 12.2 Å².